The topological polar surface area (TPSA) is 81.7 Å². The number of nitrogens with one attached hydrogen (secondary N) is 1. The number of hydrogen-bond acceptors (Lipinski definition) is 6. The van der Waals surface area contributed by atoms with E-state index in [1.807, 2.05) is 48.1 Å². The van der Waals surface area contributed by atoms with Crippen molar-refractivity contribution in [3.8, 4) is 5.69 Å². The van der Waals surface area contributed by atoms with Crippen LogP contribution in [0.2, 0.25) is 0 Å². The lowest BCUT2D eigenvalue weighted by molar-refractivity contribution is 0.408. The highest BCUT2D eigenvalue weighted by atomic mass is 16.4. The predicted molar refractivity (Wildman–Crippen MR) is 92.1 cm³/mol. The summed E-state index contributed by atoms with van der Waals surface area (Å²) in [5.41, 5.74) is 2.11. The summed E-state index contributed by atoms with van der Waals surface area (Å²) in [7, 11) is 0. The van der Waals surface area contributed by atoms with Crippen LogP contribution in [0.1, 0.15) is 36.7 Å². The van der Waals surface area contributed by atoms with Crippen molar-refractivity contribution < 1.29 is 4.42 Å². The number of rotatable bonds is 6. The van der Waals surface area contributed by atoms with Crippen LogP contribution in [0.15, 0.2) is 40.9 Å². The third kappa shape index (κ3) is 3.76. The lowest BCUT2D eigenvalue weighted by Crippen LogP contribution is -2.27. The minimum Gasteiger partial charge on any atom is -0.426 e. The van der Waals surface area contributed by atoms with Gasteiger partial charge in [0.2, 0.25) is 11.8 Å². The summed E-state index contributed by atoms with van der Waals surface area (Å²) in [5.74, 6) is 2.01. The second-order valence-corrected chi connectivity index (χ2v) is 6.65. The molecule has 130 valence electrons. The maximum atomic E-state index is 5.50. The number of aromatic nitrogens is 5. The minimum absolute atomic E-state index is 0.508. The average molecular weight is 338 g/mol. The molecule has 1 aromatic carbocycles. The third-order valence-corrected chi connectivity index (χ3v) is 4.76. The first-order valence-corrected chi connectivity index (χ1v) is 8.75. The van der Waals surface area contributed by atoms with Gasteiger partial charge in [-0.3, -0.25) is 0 Å². The first-order chi connectivity index (χ1) is 12.3. The quantitative estimate of drug-likeness (QED) is 0.743. The summed E-state index contributed by atoms with van der Waals surface area (Å²) in [6, 6.07) is 10.6. The highest BCUT2D eigenvalue weighted by Gasteiger charge is 2.26. The van der Waals surface area contributed by atoms with E-state index in [2.05, 4.69) is 25.8 Å². The maximum absolute atomic E-state index is 5.50. The van der Waals surface area contributed by atoms with E-state index in [-0.39, 0.29) is 0 Å². The van der Waals surface area contributed by atoms with Crippen molar-refractivity contribution in [3.05, 3.63) is 54.0 Å². The Morgan fingerprint density at radius 2 is 2.08 bits per heavy atom. The number of nitrogens with zero attached hydrogens (tertiary/aromatic N) is 5. The van der Waals surface area contributed by atoms with Crippen LogP contribution in [-0.4, -0.2) is 31.2 Å². The molecule has 1 N–H and O–H groups in total. The molecule has 2 aromatic heterocycles. The molecule has 25 heavy (non-hydrogen) atoms. The van der Waals surface area contributed by atoms with Crippen molar-refractivity contribution in [1.82, 2.24) is 30.5 Å². The van der Waals surface area contributed by atoms with Crippen LogP contribution in [0, 0.1) is 12.8 Å². The molecule has 4 rings (SSSR count). The molecule has 3 aromatic rings. The smallest absolute Gasteiger partial charge is 0.216 e. The van der Waals surface area contributed by atoms with E-state index in [9.17, 15) is 0 Å². The first kappa shape index (κ1) is 16.0. The minimum atomic E-state index is 0.508. The van der Waals surface area contributed by atoms with Crippen molar-refractivity contribution in [2.45, 2.75) is 45.2 Å². The van der Waals surface area contributed by atoms with Crippen molar-refractivity contribution in [2.75, 3.05) is 0 Å². The lowest BCUT2D eigenvalue weighted by Gasteiger charge is -2.13. The average Bonchev–Trinajstić information content (AvgIpc) is 3.36. The third-order valence-electron chi connectivity index (χ3n) is 4.76. The van der Waals surface area contributed by atoms with Crippen LogP contribution >= 0.6 is 0 Å². The normalized spacial score (nSPS) is 20.2. The molecule has 0 spiro atoms. The van der Waals surface area contributed by atoms with Crippen molar-refractivity contribution >= 4 is 0 Å². The molecular formula is C18H22N6O. The van der Waals surface area contributed by atoms with E-state index in [1.165, 1.54) is 12.8 Å². The number of benzene rings is 1. The Kier molecular flexibility index (Phi) is 4.56. The van der Waals surface area contributed by atoms with E-state index in [0.717, 1.165) is 36.7 Å². The van der Waals surface area contributed by atoms with E-state index in [1.54, 1.807) is 0 Å². The molecule has 0 radical (unpaired) electrons. The van der Waals surface area contributed by atoms with Gasteiger partial charge in [0.05, 0.1) is 17.6 Å². The van der Waals surface area contributed by atoms with Crippen LogP contribution in [-0.2, 0) is 13.0 Å². The molecule has 1 aliphatic rings. The van der Waals surface area contributed by atoms with Crippen molar-refractivity contribution in [1.29, 1.82) is 0 Å². The van der Waals surface area contributed by atoms with Gasteiger partial charge in [-0.05, 0) is 37.3 Å². The van der Waals surface area contributed by atoms with Crippen LogP contribution < -0.4 is 5.32 Å². The Bertz CT molecular complexity index is 812. The fourth-order valence-corrected chi connectivity index (χ4v) is 3.53. The van der Waals surface area contributed by atoms with Crippen LogP contribution in [0.25, 0.3) is 5.69 Å². The molecule has 0 aliphatic heterocycles. The molecule has 0 bridgehead atoms. The van der Waals surface area contributed by atoms with Gasteiger partial charge < -0.3 is 9.73 Å². The SMILES string of the molecule is Cc1nnc(C[C@@H]2CC[C@H](NCc3cnnn3-c3ccccc3)C2)o1. The first-order valence-electron chi connectivity index (χ1n) is 8.75. The molecule has 0 unspecified atom stereocenters. The predicted octanol–water partition coefficient (Wildman–Crippen LogP) is 2.46. The summed E-state index contributed by atoms with van der Waals surface area (Å²) in [4.78, 5) is 0. The maximum Gasteiger partial charge on any atom is 0.216 e. The van der Waals surface area contributed by atoms with Crippen LogP contribution in [0.4, 0.5) is 0 Å². The highest BCUT2D eigenvalue weighted by molar-refractivity contribution is 5.31. The monoisotopic (exact) mass is 338 g/mol. The summed E-state index contributed by atoms with van der Waals surface area (Å²) >= 11 is 0. The summed E-state index contributed by atoms with van der Waals surface area (Å²) in [5, 5.41) is 19.9. The van der Waals surface area contributed by atoms with Gasteiger partial charge in [-0.1, -0.05) is 23.4 Å². The Hall–Kier alpha value is -2.54. The molecule has 1 fully saturated rings. The molecule has 0 saturated heterocycles. The van der Waals surface area contributed by atoms with Gasteiger partial charge in [0, 0.05) is 25.9 Å². The van der Waals surface area contributed by atoms with E-state index < -0.39 is 0 Å². The highest BCUT2D eigenvalue weighted by Crippen LogP contribution is 2.28. The van der Waals surface area contributed by atoms with E-state index >= 15 is 0 Å². The molecule has 2 atom stereocenters. The van der Waals surface area contributed by atoms with E-state index in [4.69, 9.17) is 4.42 Å². The fourth-order valence-electron chi connectivity index (χ4n) is 3.53. The van der Waals surface area contributed by atoms with Gasteiger partial charge in [-0.25, -0.2) is 4.68 Å². The Morgan fingerprint density at radius 3 is 2.88 bits per heavy atom. The Balaban J connectivity index is 1.32. The van der Waals surface area contributed by atoms with Crippen molar-refractivity contribution in [3.63, 3.8) is 0 Å². The van der Waals surface area contributed by atoms with Gasteiger partial charge in [0.1, 0.15) is 0 Å². The van der Waals surface area contributed by atoms with Gasteiger partial charge in [0.25, 0.3) is 0 Å². The van der Waals surface area contributed by atoms with E-state index in [0.29, 0.717) is 17.9 Å². The number of para-hydroxylation sites is 1. The Morgan fingerprint density at radius 1 is 1.20 bits per heavy atom. The second kappa shape index (κ2) is 7.14. The summed E-state index contributed by atoms with van der Waals surface area (Å²) in [6.45, 7) is 2.60. The zero-order valence-electron chi connectivity index (χ0n) is 14.3. The summed E-state index contributed by atoms with van der Waals surface area (Å²) in [6.07, 6.45) is 6.20. The number of aryl methyl sites for hydroxylation is 1. The number of hydrogen-bond donors (Lipinski definition) is 1. The Labute approximate surface area is 146 Å². The van der Waals surface area contributed by atoms with Gasteiger partial charge in [0.15, 0.2) is 0 Å². The van der Waals surface area contributed by atoms with Gasteiger partial charge >= 0.3 is 0 Å². The fraction of sp³-hybridized carbons (Fsp3) is 0.444. The van der Waals surface area contributed by atoms with Crippen LogP contribution in [0.5, 0.6) is 0 Å². The molecule has 2 heterocycles. The molecule has 7 heteroatoms. The van der Waals surface area contributed by atoms with Crippen LogP contribution in [0.3, 0.4) is 0 Å². The second-order valence-electron chi connectivity index (χ2n) is 6.65. The standard InChI is InChI=1S/C18H22N6O/c1-13-21-22-18(25-13)10-14-7-8-15(9-14)19-11-17-12-20-23-24(17)16-5-3-2-4-6-16/h2-6,12,14-15,19H,7-11H2,1H3/t14-,15+/m1/s1. The molecule has 1 aliphatic carbocycles. The largest absolute Gasteiger partial charge is 0.426 e. The summed E-state index contributed by atoms with van der Waals surface area (Å²) < 4.78 is 7.39. The van der Waals surface area contributed by atoms with Gasteiger partial charge in [-0.15, -0.1) is 15.3 Å². The van der Waals surface area contributed by atoms with Crippen molar-refractivity contribution in [2.24, 2.45) is 5.92 Å². The molecule has 1 saturated carbocycles. The molecule has 7 nitrogen and oxygen atoms in total. The lowest BCUT2D eigenvalue weighted by atomic mass is 10.0. The van der Waals surface area contributed by atoms with Gasteiger partial charge in [-0.2, -0.15) is 0 Å². The molecular weight excluding hydrogens is 316 g/mol. The zero-order valence-corrected chi connectivity index (χ0v) is 14.3. The zero-order chi connectivity index (χ0) is 17.1. The molecule has 0 amide bonds.